The Labute approximate surface area is 156 Å². The molecule has 1 aromatic carbocycles. The number of aliphatic hydroxyl groups is 1. The summed E-state index contributed by atoms with van der Waals surface area (Å²) in [6.45, 7) is -0.396. The van der Waals surface area contributed by atoms with Crippen LogP contribution in [0.2, 0.25) is 0 Å². The van der Waals surface area contributed by atoms with Gasteiger partial charge in [0.1, 0.15) is 6.61 Å². The molecule has 0 spiro atoms. The molecule has 1 saturated heterocycles. The second-order valence-corrected chi connectivity index (χ2v) is 7.74. The Kier molecular flexibility index (Phi) is 7.53. The third-order valence-corrected chi connectivity index (χ3v) is 6.74. The van der Waals surface area contributed by atoms with Gasteiger partial charge in [0.2, 0.25) is 5.75 Å². The molecular formula is C16H24O7S2. The van der Waals surface area contributed by atoms with Crippen molar-refractivity contribution in [1.82, 2.24) is 0 Å². The summed E-state index contributed by atoms with van der Waals surface area (Å²) in [6, 6.07) is 3.88. The fraction of sp³-hybridized carbons (Fsp3) is 0.625. The first-order valence-electron chi connectivity index (χ1n) is 7.52. The monoisotopic (exact) mass is 392 g/mol. The number of hydrogen-bond donors (Lipinski definition) is 1. The maximum Gasteiger partial charge on any atom is 0.308 e. The molecule has 0 bridgehead atoms. The molecule has 2 unspecified atom stereocenters. The van der Waals surface area contributed by atoms with E-state index in [9.17, 15) is 5.11 Å². The summed E-state index contributed by atoms with van der Waals surface area (Å²) in [5.74, 6) is 1.17. The molecule has 0 saturated carbocycles. The van der Waals surface area contributed by atoms with Crippen molar-refractivity contribution in [2.24, 2.45) is 0 Å². The van der Waals surface area contributed by atoms with Gasteiger partial charge in [-0.15, -0.1) is 23.5 Å². The summed E-state index contributed by atoms with van der Waals surface area (Å²) in [5, 5.41) is 9.63. The Morgan fingerprint density at radius 3 is 2.08 bits per heavy atom. The molecule has 1 aliphatic rings. The minimum atomic E-state index is -1.45. The highest BCUT2D eigenvalue weighted by Gasteiger charge is 2.38. The lowest BCUT2D eigenvalue weighted by Crippen LogP contribution is -2.42. The van der Waals surface area contributed by atoms with Crippen molar-refractivity contribution in [3.63, 3.8) is 0 Å². The molecule has 1 fully saturated rings. The minimum Gasteiger partial charge on any atom is -0.493 e. The van der Waals surface area contributed by atoms with Crippen molar-refractivity contribution in [2.75, 3.05) is 47.9 Å². The number of benzene rings is 1. The third kappa shape index (κ3) is 4.47. The molecule has 1 heterocycles. The van der Waals surface area contributed by atoms with E-state index in [0.717, 1.165) is 11.3 Å². The lowest BCUT2D eigenvalue weighted by molar-refractivity contribution is -0.370. The van der Waals surface area contributed by atoms with Gasteiger partial charge < -0.3 is 33.5 Å². The second-order valence-electron chi connectivity index (χ2n) is 5.07. The number of methoxy groups -OCH3 is 5. The maximum absolute atomic E-state index is 9.47. The van der Waals surface area contributed by atoms with Gasteiger partial charge in [-0.1, -0.05) is 0 Å². The van der Waals surface area contributed by atoms with E-state index in [0.29, 0.717) is 17.2 Å². The summed E-state index contributed by atoms with van der Waals surface area (Å²) < 4.78 is 32.1. The van der Waals surface area contributed by atoms with Crippen LogP contribution in [0.5, 0.6) is 17.2 Å². The molecule has 0 radical (unpaired) electrons. The van der Waals surface area contributed by atoms with Crippen molar-refractivity contribution in [3.05, 3.63) is 17.7 Å². The highest BCUT2D eigenvalue weighted by Crippen LogP contribution is 2.51. The molecule has 1 aliphatic heterocycles. The SMILES string of the molecule is COc1cc(C2CSC(OC(CO)(OC)OC)S2)cc(OC)c1OC. The Balaban J connectivity index is 2.16. The van der Waals surface area contributed by atoms with Crippen molar-refractivity contribution in [2.45, 2.75) is 16.0 Å². The third-order valence-electron chi connectivity index (χ3n) is 3.81. The molecule has 0 amide bonds. The molecule has 25 heavy (non-hydrogen) atoms. The van der Waals surface area contributed by atoms with Crippen LogP contribution in [0, 0.1) is 0 Å². The van der Waals surface area contributed by atoms with Crippen LogP contribution in [-0.2, 0) is 14.2 Å². The van der Waals surface area contributed by atoms with Gasteiger partial charge in [0.25, 0.3) is 0 Å². The number of hydrogen-bond acceptors (Lipinski definition) is 9. The second kappa shape index (κ2) is 9.20. The maximum atomic E-state index is 9.47. The van der Waals surface area contributed by atoms with Crippen LogP contribution in [-0.4, -0.2) is 63.8 Å². The number of aliphatic hydroxyl groups excluding tert-OH is 1. The first kappa shape index (κ1) is 20.5. The molecule has 2 rings (SSSR count). The number of thioether (sulfide) groups is 2. The summed E-state index contributed by atoms with van der Waals surface area (Å²) in [6.07, 6.45) is 0. The van der Waals surface area contributed by atoms with Gasteiger partial charge in [-0.3, -0.25) is 0 Å². The topological polar surface area (TPSA) is 75.6 Å². The summed E-state index contributed by atoms with van der Waals surface area (Å²) in [7, 11) is 7.63. The van der Waals surface area contributed by atoms with Gasteiger partial charge >= 0.3 is 5.97 Å². The van der Waals surface area contributed by atoms with Crippen LogP contribution in [0.4, 0.5) is 0 Å². The van der Waals surface area contributed by atoms with Gasteiger partial charge in [-0.2, -0.15) is 0 Å². The molecule has 142 valence electrons. The standard InChI is InChI=1S/C16H24O7S2/c1-18-11-6-10(7-12(19-2)14(11)20-3)13-8-24-15(25-13)23-16(9-17,21-4)22-5/h6-7,13,15,17H,8-9H2,1-5H3. The average molecular weight is 392 g/mol. The first-order chi connectivity index (χ1) is 12.1. The van der Waals surface area contributed by atoms with Crippen LogP contribution in [0.25, 0.3) is 0 Å². The van der Waals surface area contributed by atoms with Crippen LogP contribution >= 0.6 is 23.5 Å². The summed E-state index contributed by atoms with van der Waals surface area (Å²) in [4.78, 5) is 0. The predicted molar refractivity (Wildman–Crippen MR) is 97.6 cm³/mol. The normalized spacial score (nSPS) is 20.6. The highest BCUT2D eigenvalue weighted by atomic mass is 32.2. The van der Waals surface area contributed by atoms with E-state index >= 15 is 0 Å². The Morgan fingerprint density at radius 2 is 1.64 bits per heavy atom. The fourth-order valence-corrected chi connectivity index (χ4v) is 5.40. The van der Waals surface area contributed by atoms with Crippen molar-refractivity contribution >= 4 is 23.5 Å². The lowest BCUT2D eigenvalue weighted by Gasteiger charge is -2.30. The van der Waals surface area contributed by atoms with Crippen LogP contribution in [0.15, 0.2) is 12.1 Å². The quantitative estimate of drug-likeness (QED) is 0.638. The molecular weight excluding hydrogens is 368 g/mol. The van der Waals surface area contributed by atoms with Crippen LogP contribution in [0.3, 0.4) is 0 Å². The van der Waals surface area contributed by atoms with Crippen molar-refractivity contribution in [3.8, 4) is 17.2 Å². The summed E-state index contributed by atoms with van der Waals surface area (Å²) in [5.41, 5.74) is 1.04. The van der Waals surface area contributed by atoms with E-state index in [1.54, 1.807) is 44.9 Å². The molecule has 9 heteroatoms. The zero-order valence-electron chi connectivity index (χ0n) is 14.9. The van der Waals surface area contributed by atoms with E-state index in [1.807, 2.05) is 12.1 Å². The lowest BCUT2D eigenvalue weighted by atomic mass is 10.1. The fourth-order valence-electron chi connectivity index (χ4n) is 2.40. The van der Waals surface area contributed by atoms with Crippen LogP contribution < -0.4 is 14.2 Å². The molecule has 0 aromatic heterocycles. The van der Waals surface area contributed by atoms with Gasteiger partial charge in [0, 0.05) is 25.2 Å². The molecule has 0 aliphatic carbocycles. The number of ether oxygens (including phenoxy) is 6. The molecule has 1 aromatic rings. The van der Waals surface area contributed by atoms with Gasteiger partial charge in [0.05, 0.1) is 21.3 Å². The summed E-state index contributed by atoms with van der Waals surface area (Å²) >= 11 is 3.22. The molecule has 1 N–H and O–H groups in total. The largest absolute Gasteiger partial charge is 0.493 e. The zero-order chi connectivity index (χ0) is 18.4. The molecule has 7 nitrogen and oxygen atoms in total. The average Bonchev–Trinajstić information content (AvgIpc) is 3.13. The van der Waals surface area contributed by atoms with E-state index < -0.39 is 12.6 Å². The smallest absolute Gasteiger partial charge is 0.308 e. The van der Waals surface area contributed by atoms with Gasteiger partial charge in [-0.25, -0.2) is 0 Å². The van der Waals surface area contributed by atoms with Crippen molar-refractivity contribution in [1.29, 1.82) is 0 Å². The predicted octanol–water partition coefficient (Wildman–Crippen LogP) is 2.47. The Hall–Kier alpha value is -0.840. The van der Waals surface area contributed by atoms with E-state index in [4.69, 9.17) is 28.4 Å². The first-order valence-corrected chi connectivity index (χ1v) is 9.51. The van der Waals surface area contributed by atoms with Crippen molar-refractivity contribution < 1.29 is 33.5 Å². The van der Waals surface area contributed by atoms with E-state index in [1.165, 1.54) is 14.2 Å². The zero-order valence-corrected chi connectivity index (χ0v) is 16.6. The number of rotatable bonds is 9. The van der Waals surface area contributed by atoms with E-state index in [-0.39, 0.29) is 10.0 Å². The van der Waals surface area contributed by atoms with E-state index in [2.05, 4.69) is 0 Å². The molecule has 2 atom stereocenters. The van der Waals surface area contributed by atoms with Gasteiger partial charge in [-0.05, 0) is 17.7 Å². The minimum absolute atomic E-state index is 0.161. The Morgan fingerprint density at radius 1 is 1.04 bits per heavy atom. The van der Waals surface area contributed by atoms with Gasteiger partial charge in [0.15, 0.2) is 16.3 Å². The highest BCUT2D eigenvalue weighted by molar-refractivity contribution is 8.20. The Bertz CT molecular complexity index is 532. The van der Waals surface area contributed by atoms with Crippen LogP contribution in [0.1, 0.15) is 10.8 Å².